The van der Waals surface area contributed by atoms with Crippen LogP contribution in [0.3, 0.4) is 0 Å². The van der Waals surface area contributed by atoms with Gasteiger partial charge in [-0.2, -0.15) is 0 Å². The van der Waals surface area contributed by atoms with E-state index in [-0.39, 0.29) is 5.92 Å². The fourth-order valence-corrected chi connectivity index (χ4v) is 3.23. The predicted molar refractivity (Wildman–Crippen MR) is 78.5 cm³/mol. The first-order chi connectivity index (χ1) is 9.65. The average Bonchev–Trinajstić information content (AvgIpc) is 2.89. The van der Waals surface area contributed by atoms with Crippen LogP contribution >= 0.6 is 0 Å². The molecular formula is C17H22O3. The SMILES string of the molecule is Cc1ccc2oc(C(O)C(O)C3CCCCC3)cc2c1. The highest BCUT2D eigenvalue weighted by Crippen LogP contribution is 2.34. The fourth-order valence-electron chi connectivity index (χ4n) is 3.23. The van der Waals surface area contributed by atoms with Crippen LogP contribution in [0.25, 0.3) is 11.0 Å². The van der Waals surface area contributed by atoms with Gasteiger partial charge >= 0.3 is 0 Å². The molecule has 0 saturated heterocycles. The molecule has 2 N–H and O–H groups in total. The Bertz CT molecular complexity index is 581. The van der Waals surface area contributed by atoms with Crippen LogP contribution in [-0.2, 0) is 0 Å². The number of rotatable bonds is 3. The molecular weight excluding hydrogens is 252 g/mol. The highest BCUT2D eigenvalue weighted by atomic mass is 16.4. The Hall–Kier alpha value is -1.32. The second kappa shape index (κ2) is 5.58. The molecule has 0 amide bonds. The Balaban J connectivity index is 1.81. The van der Waals surface area contributed by atoms with Gasteiger partial charge in [-0.05, 0) is 43.9 Å². The minimum Gasteiger partial charge on any atom is -0.458 e. The van der Waals surface area contributed by atoms with Crippen molar-refractivity contribution in [3.8, 4) is 0 Å². The summed E-state index contributed by atoms with van der Waals surface area (Å²) in [4.78, 5) is 0. The summed E-state index contributed by atoms with van der Waals surface area (Å²) < 4.78 is 5.69. The molecule has 0 bridgehead atoms. The maximum Gasteiger partial charge on any atom is 0.138 e. The van der Waals surface area contributed by atoms with Crippen LogP contribution in [0, 0.1) is 12.8 Å². The Morgan fingerprint density at radius 2 is 1.85 bits per heavy atom. The number of hydrogen-bond acceptors (Lipinski definition) is 3. The Kier molecular flexibility index (Phi) is 3.81. The van der Waals surface area contributed by atoms with Crippen molar-refractivity contribution in [2.75, 3.05) is 0 Å². The molecule has 2 aromatic rings. The third-order valence-electron chi connectivity index (χ3n) is 4.44. The second-order valence-electron chi connectivity index (χ2n) is 6.02. The van der Waals surface area contributed by atoms with E-state index in [1.807, 2.05) is 31.2 Å². The van der Waals surface area contributed by atoms with E-state index in [9.17, 15) is 10.2 Å². The number of aliphatic hydroxyl groups excluding tert-OH is 2. The number of fused-ring (bicyclic) bond motifs is 1. The summed E-state index contributed by atoms with van der Waals surface area (Å²) in [5, 5.41) is 21.7. The molecule has 108 valence electrons. The number of furan rings is 1. The number of aliphatic hydroxyl groups is 2. The molecule has 3 heteroatoms. The maximum absolute atomic E-state index is 10.4. The molecule has 1 aromatic carbocycles. The molecule has 2 atom stereocenters. The smallest absolute Gasteiger partial charge is 0.138 e. The molecule has 3 rings (SSSR count). The van der Waals surface area contributed by atoms with Crippen molar-refractivity contribution in [3.05, 3.63) is 35.6 Å². The zero-order chi connectivity index (χ0) is 14.1. The van der Waals surface area contributed by atoms with E-state index in [0.717, 1.165) is 42.2 Å². The van der Waals surface area contributed by atoms with Gasteiger partial charge < -0.3 is 14.6 Å². The van der Waals surface area contributed by atoms with Crippen molar-refractivity contribution in [3.63, 3.8) is 0 Å². The Morgan fingerprint density at radius 1 is 1.10 bits per heavy atom. The first-order valence-corrected chi connectivity index (χ1v) is 7.51. The molecule has 1 fully saturated rings. The third kappa shape index (κ3) is 2.60. The average molecular weight is 274 g/mol. The van der Waals surface area contributed by atoms with Crippen molar-refractivity contribution < 1.29 is 14.6 Å². The molecule has 1 aromatic heterocycles. The molecule has 1 aliphatic rings. The molecule has 1 aliphatic carbocycles. The standard InChI is InChI=1S/C17H22O3/c1-11-7-8-14-13(9-11)10-15(20-14)17(19)16(18)12-5-3-2-4-6-12/h7-10,12,16-19H,2-6H2,1H3. The Labute approximate surface area is 119 Å². The summed E-state index contributed by atoms with van der Waals surface area (Å²) >= 11 is 0. The van der Waals surface area contributed by atoms with Crippen molar-refractivity contribution in [1.29, 1.82) is 0 Å². The van der Waals surface area contributed by atoms with Crippen molar-refractivity contribution in [2.45, 2.75) is 51.2 Å². The summed E-state index contributed by atoms with van der Waals surface area (Å²) in [7, 11) is 0. The first kappa shape index (κ1) is 13.7. The van der Waals surface area contributed by atoms with Crippen LogP contribution in [0.2, 0.25) is 0 Å². The van der Waals surface area contributed by atoms with Gasteiger partial charge in [0.15, 0.2) is 0 Å². The lowest BCUT2D eigenvalue weighted by molar-refractivity contribution is -0.0375. The van der Waals surface area contributed by atoms with Gasteiger partial charge in [-0.25, -0.2) is 0 Å². The van der Waals surface area contributed by atoms with Crippen LogP contribution in [0.4, 0.5) is 0 Å². The van der Waals surface area contributed by atoms with E-state index >= 15 is 0 Å². The molecule has 20 heavy (non-hydrogen) atoms. The summed E-state index contributed by atoms with van der Waals surface area (Å²) in [6.45, 7) is 2.03. The maximum atomic E-state index is 10.4. The van der Waals surface area contributed by atoms with Crippen LogP contribution in [0.1, 0.15) is 49.5 Å². The molecule has 3 nitrogen and oxygen atoms in total. The second-order valence-corrected chi connectivity index (χ2v) is 6.02. The van der Waals surface area contributed by atoms with E-state index in [4.69, 9.17) is 4.42 Å². The minimum absolute atomic E-state index is 0.189. The quantitative estimate of drug-likeness (QED) is 0.897. The predicted octanol–water partition coefficient (Wildman–Crippen LogP) is 3.72. The number of hydrogen-bond donors (Lipinski definition) is 2. The van der Waals surface area contributed by atoms with E-state index in [1.165, 1.54) is 6.42 Å². The van der Waals surface area contributed by atoms with Gasteiger partial charge in [-0.3, -0.25) is 0 Å². The molecule has 0 spiro atoms. The van der Waals surface area contributed by atoms with Crippen LogP contribution in [0.5, 0.6) is 0 Å². The lowest BCUT2D eigenvalue weighted by Crippen LogP contribution is -2.29. The number of aryl methyl sites for hydroxylation is 1. The van der Waals surface area contributed by atoms with Gasteiger partial charge in [0.05, 0.1) is 6.10 Å². The molecule has 1 saturated carbocycles. The van der Waals surface area contributed by atoms with Crippen molar-refractivity contribution in [2.24, 2.45) is 5.92 Å². The zero-order valence-electron chi connectivity index (χ0n) is 11.9. The van der Waals surface area contributed by atoms with Crippen LogP contribution < -0.4 is 0 Å². The van der Waals surface area contributed by atoms with Gasteiger partial charge in [0.25, 0.3) is 0 Å². The molecule has 1 heterocycles. The van der Waals surface area contributed by atoms with Gasteiger partial charge in [0.1, 0.15) is 17.4 Å². The summed E-state index contributed by atoms with van der Waals surface area (Å²) in [6, 6.07) is 7.77. The molecule has 2 unspecified atom stereocenters. The first-order valence-electron chi connectivity index (χ1n) is 7.51. The van der Waals surface area contributed by atoms with Gasteiger partial charge in [0, 0.05) is 5.39 Å². The van der Waals surface area contributed by atoms with Crippen molar-refractivity contribution >= 4 is 11.0 Å². The topological polar surface area (TPSA) is 53.6 Å². The Morgan fingerprint density at radius 3 is 2.60 bits per heavy atom. The normalized spacial score (nSPS) is 20.1. The van der Waals surface area contributed by atoms with Crippen molar-refractivity contribution in [1.82, 2.24) is 0 Å². The lowest BCUT2D eigenvalue weighted by atomic mass is 9.83. The van der Waals surface area contributed by atoms with E-state index in [2.05, 4.69) is 0 Å². The van der Waals surface area contributed by atoms with E-state index < -0.39 is 12.2 Å². The summed E-state index contributed by atoms with van der Waals surface area (Å²) in [5.41, 5.74) is 1.92. The van der Waals surface area contributed by atoms with E-state index in [1.54, 1.807) is 0 Å². The van der Waals surface area contributed by atoms with Gasteiger partial charge in [0.2, 0.25) is 0 Å². The summed E-state index contributed by atoms with van der Waals surface area (Å²) in [5.74, 6) is 0.664. The number of benzene rings is 1. The largest absolute Gasteiger partial charge is 0.458 e. The van der Waals surface area contributed by atoms with Gasteiger partial charge in [-0.15, -0.1) is 0 Å². The lowest BCUT2D eigenvalue weighted by Gasteiger charge is -2.28. The van der Waals surface area contributed by atoms with Crippen LogP contribution in [-0.4, -0.2) is 16.3 Å². The zero-order valence-corrected chi connectivity index (χ0v) is 11.9. The minimum atomic E-state index is -0.925. The monoisotopic (exact) mass is 274 g/mol. The van der Waals surface area contributed by atoms with Gasteiger partial charge in [-0.1, -0.05) is 30.9 Å². The molecule has 0 radical (unpaired) electrons. The fraction of sp³-hybridized carbons (Fsp3) is 0.529. The highest BCUT2D eigenvalue weighted by Gasteiger charge is 2.30. The molecule has 0 aliphatic heterocycles. The van der Waals surface area contributed by atoms with Crippen LogP contribution in [0.15, 0.2) is 28.7 Å². The van der Waals surface area contributed by atoms with E-state index in [0.29, 0.717) is 5.76 Å². The third-order valence-corrected chi connectivity index (χ3v) is 4.44. The summed E-state index contributed by atoms with van der Waals surface area (Å²) in [6.07, 6.45) is 3.88. The highest BCUT2D eigenvalue weighted by molar-refractivity contribution is 5.78.